The number of rotatable bonds is 7. The number of benzene rings is 2. The van der Waals surface area contributed by atoms with Gasteiger partial charge in [-0.15, -0.1) is 0 Å². The van der Waals surface area contributed by atoms with E-state index < -0.39 is 16.1 Å². The Kier molecular flexibility index (Phi) is 6.20. The Morgan fingerprint density at radius 3 is 2.68 bits per heavy atom. The highest BCUT2D eigenvalue weighted by Gasteiger charge is 2.33. The molecule has 1 unspecified atom stereocenters. The summed E-state index contributed by atoms with van der Waals surface area (Å²) in [6.07, 6.45) is 1.97. The molecule has 2 heterocycles. The van der Waals surface area contributed by atoms with Crippen molar-refractivity contribution >= 4 is 27.3 Å². The monoisotopic (exact) mass is 444 g/mol. The third-order valence-corrected chi connectivity index (χ3v) is 6.82. The number of hydrogen-bond donors (Lipinski definition) is 1. The van der Waals surface area contributed by atoms with E-state index in [1.807, 2.05) is 6.07 Å². The molecule has 1 atom stereocenters. The first-order valence-corrected chi connectivity index (χ1v) is 12.1. The maximum atomic E-state index is 12.9. The largest absolute Gasteiger partial charge is 0.493 e. The third-order valence-electron chi connectivity index (χ3n) is 5.42. The maximum Gasteiger partial charge on any atom is 0.261 e. The van der Waals surface area contributed by atoms with Crippen LogP contribution in [0.15, 0.2) is 47.4 Å². The minimum absolute atomic E-state index is 0.0479. The van der Waals surface area contributed by atoms with E-state index in [1.54, 1.807) is 29.2 Å². The molecule has 1 N–H and O–H groups in total. The minimum Gasteiger partial charge on any atom is -0.493 e. The molecular formula is C23H28N2O5S. The Balaban J connectivity index is 1.49. The summed E-state index contributed by atoms with van der Waals surface area (Å²) >= 11 is 0. The molecule has 0 spiro atoms. The molecule has 2 aromatic carbocycles. The zero-order chi connectivity index (χ0) is 22.0. The lowest BCUT2D eigenvalue weighted by Crippen LogP contribution is -2.37. The van der Waals surface area contributed by atoms with Crippen LogP contribution < -0.4 is 14.4 Å². The minimum atomic E-state index is -3.77. The first kappa shape index (κ1) is 21.6. The summed E-state index contributed by atoms with van der Waals surface area (Å²) in [5, 5.41) is 0. The molecule has 1 amide bonds. The van der Waals surface area contributed by atoms with Crippen molar-refractivity contribution in [2.24, 2.45) is 5.92 Å². The smallest absolute Gasteiger partial charge is 0.261 e. The number of ether oxygens (including phenoxy) is 2. The van der Waals surface area contributed by atoms with Crippen LogP contribution in [0.2, 0.25) is 0 Å². The predicted molar refractivity (Wildman–Crippen MR) is 119 cm³/mol. The van der Waals surface area contributed by atoms with Crippen LogP contribution in [-0.2, 0) is 26.0 Å². The van der Waals surface area contributed by atoms with Gasteiger partial charge in [0, 0.05) is 18.8 Å². The topological polar surface area (TPSA) is 84.9 Å². The summed E-state index contributed by atoms with van der Waals surface area (Å²) < 4.78 is 39.5. The summed E-state index contributed by atoms with van der Waals surface area (Å²) in [6.45, 7) is 5.87. The average Bonchev–Trinajstić information content (AvgIpc) is 3.42. The van der Waals surface area contributed by atoms with Gasteiger partial charge in [-0.3, -0.25) is 9.52 Å². The highest BCUT2D eigenvalue weighted by atomic mass is 32.2. The molecule has 0 bridgehead atoms. The van der Waals surface area contributed by atoms with Crippen molar-refractivity contribution in [2.75, 3.05) is 29.4 Å². The van der Waals surface area contributed by atoms with Gasteiger partial charge in [0.1, 0.15) is 11.9 Å². The van der Waals surface area contributed by atoms with E-state index in [0.29, 0.717) is 37.1 Å². The summed E-state index contributed by atoms with van der Waals surface area (Å²) in [5.74, 6) is 0.971. The van der Waals surface area contributed by atoms with Gasteiger partial charge in [0.25, 0.3) is 15.9 Å². The van der Waals surface area contributed by atoms with Crippen molar-refractivity contribution in [1.29, 1.82) is 0 Å². The number of carbonyl (C=O) groups is 1. The molecule has 31 heavy (non-hydrogen) atoms. The van der Waals surface area contributed by atoms with Crippen LogP contribution >= 0.6 is 0 Å². The Morgan fingerprint density at radius 2 is 2.00 bits per heavy atom. The first-order valence-electron chi connectivity index (χ1n) is 10.6. The van der Waals surface area contributed by atoms with Crippen molar-refractivity contribution in [2.45, 2.75) is 44.1 Å². The quantitative estimate of drug-likeness (QED) is 0.705. The zero-order valence-electron chi connectivity index (χ0n) is 17.8. The third kappa shape index (κ3) is 4.85. The molecule has 0 aromatic heterocycles. The van der Waals surface area contributed by atoms with Gasteiger partial charge >= 0.3 is 0 Å². The molecule has 0 saturated carbocycles. The lowest BCUT2D eigenvalue weighted by atomic mass is 10.1. The normalized spacial score (nSPS) is 18.3. The number of nitrogens with zero attached hydrogens (tertiary/aromatic N) is 1. The van der Waals surface area contributed by atoms with Gasteiger partial charge in [-0.2, -0.15) is 0 Å². The van der Waals surface area contributed by atoms with E-state index >= 15 is 0 Å². The van der Waals surface area contributed by atoms with Crippen molar-refractivity contribution in [1.82, 2.24) is 0 Å². The molecule has 2 aliphatic heterocycles. The Labute approximate surface area is 183 Å². The Hall–Kier alpha value is -2.58. The fourth-order valence-corrected chi connectivity index (χ4v) is 4.86. The molecule has 1 saturated heterocycles. The van der Waals surface area contributed by atoms with E-state index in [1.165, 1.54) is 12.1 Å². The number of sulfonamides is 1. The SMILES string of the molecule is CC(C)COc1ccc(S(=O)(=O)Nc2ccc3c(c2)N(C(=O)C2CCCO2)CC3)cc1. The molecule has 2 aliphatic rings. The highest BCUT2D eigenvalue weighted by Crippen LogP contribution is 2.33. The van der Waals surface area contributed by atoms with E-state index in [-0.39, 0.29) is 10.8 Å². The van der Waals surface area contributed by atoms with Crippen LogP contribution in [0.4, 0.5) is 11.4 Å². The van der Waals surface area contributed by atoms with Gasteiger partial charge in [0.2, 0.25) is 0 Å². The van der Waals surface area contributed by atoms with Crippen LogP contribution in [0.5, 0.6) is 5.75 Å². The van der Waals surface area contributed by atoms with E-state index in [4.69, 9.17) is 9.47 Å². The summed E-state index contributed by atoms with van der Waals surface area (Å²) in [7, 11) is -3.77. The average molecular weight is 445 g/mol. The van der Waals surface area contributed by atoms with E-state index in [0.717, 1.165) is 30.5 Å². The van der Waals surface area contributed by atoms with Crippen LogP contribution in [0.25, 0.3) is 0 Å². The second-order valence-electron chi connectivity index (χ2n) is 8.37. The number of amides is 1. The molecule has 4 rings (SSSR count). The molecule has 2 aromatic rings. The predicted octanol–water partition coefficient (Wildman–Crippen LogP) is 3.59. The molecule has 0 aliphatic carbocycles. The van der Waals surface area contributed by atoms with Gasteiger partial charge in [-0.1, -0.05) is 19.9 Å². The summed E-state index contributed by atoms with van der Waals surface area (Å²) in [6, 6.07) is 11.7. The molecular weight excluding hydrogens is 416 g/mol. The van der Waals surface area contributed by atoms with Gasteiger partial charge in [0.05, 0.1) is 17.2 Å². The lowest BCUT2D eigenvalue weighted by Gasteiger charge is -2.21. The number of fused-ring (bicyclic) bond motifs is 1. The van der Waals surface area contributed by atoms with E-state index in [2.05, 4.69) is 18.6 Å². The van der Waals surface area contributed by atoms with E-state index in [9.17, 15) is 13.2 Å². The van der Waals surface area contributed by atoms with Crippen LogP contribution in [0.3, 0.4) is 0 Å². The number of carbonyl (C=O) groups excluding carboxylic acids is 1. The molecule has 7 nitrogen and oxygen atoms in total. The molecule has 1 fully saturated rings. The van der Waals surface area contributed by atoms with Crippen LogP contribution in [0, 0.1) is 5.92 Å². The lowest BCUT2D eigenvalue weighted by molar-refractivity contribution is -0.127. The van der Waals surface area contributed by atoms with Crippen molar-refractivity contribution in [3.05, 3.63) is 48.0 Å². The Morgan fingerprint density at radius 1 is 1.23 bits per heavy atom. The van der Waals surface area contributed by atoms with Crippen molar-refractivity contribution in [3.63, 3.8) is 0 Å². The van der Waals surface area contributed by atoms with Crippen molar-refractivity contribution < 1.29 is 22.7 Å². The molecule has 8 heteroatoms. The number of nitrogens with one attached hydrogen (secondary N) is 1. The molecule has 0 radical (unpaired) electrons. The maximum absolute atomic E-state index is 12.9. The summed E-state index contributed by atoms with van der Waals surface area (Å²) in [5.41, 5.74) is 2.20. The fourth-order valence-electron chi connectivity index (χ4n) is 3.81. The number of anilines is 2. The van der Waals surface area contributed by atoms with Gasteiger partial charge < -0.3 is 14.4 Å². The van der Waals surface area contributed by atoms with Crippen molar-refractivity contribution in [3.8, 4) is 5.75 Å². The second kappa shape index (κ2) is 8.88. The highest BCUT2D eigenvalue weighted by molar-refractivity contribution is 7.92. The van der Waals surface area contributed by atoms with Crippen LogP contribution in [0.1, 0.15) is 32.3 Å². The fraction of sp³-hybridized carbons (Fsp3) is 0.435. The van der Waals surface area contributed by atoms with Gasteiger partial charge in [-0.25, -0.2) is 8.42 Å². The molecule has 166 valence electrons. The second-order valence-corrected chi connectivity index (χ2v) is 10.0. The standard InChI is InChI=1S/C23H28N2O5S/c1-16(2)15-30-19-7-9-20(10-8-19)31(27,28)24-18-6-5-17-11-12-25(21(17)14-18)23(26)22-4-3-13-29-22/h5-10,14,16,22,24H,3-4,11-13,15H2,1-2H3. The van der Waals surface area contributed by atoms with Crippen LogP contribution in [-0.4, -0.2) is 40.2 Å². The van der Waals surface area contributed by atoms with Gasteiger partial charge in [0.15, 0.2) is 0 Å². The van der Waals surface area contributed by atoms with Gasteiger partial charge in [-0.05, 0) is 67.1 Å². The number of hydrogen-bond acceptors (Lipinski definition) is 5. The summed E-state index contributed by atoms with van der Waals surface area (Å²) in [4.78, 5) is 14.7. The Bertz CT molecular complexity index is 1040. The zero-order valence-corrected chi connectivity index (χ0v) is 18.7. The first-order chi connectivity index (χ1) is 14.8.